The fourth-order valence-corrected chi connectivity index (χ4v) is 2.23. The number of nitrogens with one attached hydrogen (secondary N) is 1. The summed E-state index contributed by atoms with van der Waals surface area (Å²) < 4.78 is 4.92. The van der Waals surface area contributed by atoms with Gasteiger partial charge in [-0.15, -0.1) is 6.58 Å². The number of ether oxygens (including phenoxy) is 1. The molecule has 1 saturated carbocycles. The summed E-state index contributed by atoms with van der Waals surface area (Å²) in [6, 6.07) is -0.820. The molecule has 1 amide bonds. The Kier molecular flexibility index (Phi) is 6.25. The fraction of sp³-hybridized carbons (Fsp3) is 0.692. The first-order chi connectivity index (χ1) is 8.65. The van der Waals surface area contributed by atoms with Gasteiger partial charge in [-0.3, -0.25) is 0 Å². The standard InChI is InChI=1S/C13H21NO4/c1-2-3-6-9-18-13(17)14-11(12(15)16)10-7-4-5-8-10/h2,10-11H,1,3-9H2,(H,14,17)(H,15,16). The van der Waals surface area contributed by atoms with Crippen molar-refractivity contribution in [2.24, 2.45) is 5.92 Å². The average molecular weight is 255 g/mol. The molecule has 0 aromatic heterocycles. The second-order valence-electron chi connectivity index (χ2n) is 4.57. The number of carbonyl (C=O) groups excluding carboxylic acids is 1. The van der Waals surface area contributed by atoms with E-state index in [0.29, 0.717) is 6.42 Å². The zero-order valence-corrected chi connectivity index (χ0v) is 10.6. The summed E-state index contributed by atoms with van der Waals surface area (Å²) in [6.07, 6.45) is 6.37. The first-order valence-electron chi connectivity index (χ1n) is 6.42. The molecule has 0 spiro atoms. The number of rotatable bonds is 7. The molecule has 5 nitrogen and oxygen atoms in total. The summed E-state index contributed by atoms with van der Waals surface area (Å²) in [5.41, 5.74) is 0. The number of alkyl carbamates (subject to hydrolysis) is 1. The third-order valence-electron chi connectivity index (χ3n) is 3.20. The minimum absolute atomic E-state index is 0.0308. The molecule has 0 bridgehead atoms. The first kappa shape index (κ1) is 14.5. The van der Waals surface area contributed by atoms with Gasteiger partial charge in [-0.1, -0.05) is 18.9 Å². The van der Waals surface area contributed by atoms with Crippen molar-refractivity contribution in [1.29, 1.82) is 0 Å². The Hall–Kier alpha value is -1.52. The minimum Gasteiger partial charge on any atom is -0.480 e. The number of hydrogen-bond acceptors (Lipinski definition) is 3. The van der Waals surface area contributed by atoms with Gasteiger partial charge in [0.25, 0.3) is 0 Å². The molecule has 1 unspecified atom stereocenters. The number of carboxylic acids is 1. The van der Waals surface area contributed by atoms with Gasteiger partial charge < -0.3 is 15.2 Å². The second-order valence-corrected chi connectivity index (χ2v) is 4.57. The molecular weight excluding hydrogens is 234 g/mol. The van der Waals surface area contributed by atoms with Crippen molar-refractivity contribution in [1.82, 2.24) is 5.32 Å². The predicted molar refractivity (Wildman–Crippen MR) is 67.3 cm³/mol. The van der Waals surface area contributed by atoms with Crippen molar-refractivity contribution in [2.45, 2.75) is 44.6 Å². The fourth-order valence-electron chi connectivity index (χ4n) is 2.23. The maximum Gasteiger partial charge on any atom is 0.407 e. The zero-order valence-electron chi connectivity index (χ0n) is 10.6. The zero-order chi connectivity index (χ0) is 13.4. The Balaban J connectivity index is 2.33. The number of amides is 1. The molecule has 102 valence electrons. The number of unbranched alkanes of at least 4 members (excludes halogenated alkanes) is 1. The lowest BCUT2D eigenvalue weighted by atomic mass is 9.98. The van der Waals surface area contributed by atoms with Gasteiger partial charge in [0.2, 0.25) is 0 Å². The van der Waals surface area contributed by atoms with Crippen LogP contribution in [0, 0.1) is 5.92 Å². The van der Waals surface area contributed by atoms with Crippen LogP contribution in [0.4, 0.5) is 4.79 Å². The average Bonchev–Trinajstić information content (AvgIpc) is 2.85. The topological polar surface area (TPSA) is 75.6 Å². The van der Waals surface area contributed by atoms with Crippen molar-refractivity contribution < 1.29 is 19.4 Å². The number of carbonyl (C=O) groups is 2. The number of aliphatic carboxylic acids is 1. The van der Waals surface area contributed by atoms with Gasteiger partial charge in [0.15, 0.2) is 0 Å². The molecule has 0 radical (unpaired) electrons. The van der Waals surface area contributed by atoms with Gasteiger partial charge in [0.1, 0.15) is 6.04 Å². The van der Waals surface area contributed by atoms with Crippen LogP contribution in [-0.4, -0.2) is 29.8 Å². The molecule has 0 aromatic rings. The van der Waals surface area contributed by atoms with Crippen molar-refractivity contribution in [3.05, 3.63) is 12.7 Å². The molecule has 0 heterocycles. The molecule has 0 aromatic carbocycles. The van der Waals surface area contributed by atoms with E-state index in [0.717, 1.165) is 32.1 Å². The van der Waals surface area contributed by atoms with Crippen LogP contribution in [0.5, 0.6) is 0 Å². The van der Waals surface area contributed by atoms with Gasteiger partial charge >= 0.3 is 12.1 Å². The molecule has 1 fully saturated rings. The lowest BCUT2D eigenvalue weighted by molar-refractivity contribution is -0.140. The highest BCUT2D eigenvalue weighted by molar-refractivity contribution is 5.80. The smallest absolute Gasteiger partial charge is 0.407 e. The van der Waals surface area contributed by atoms with E-state index in [2.05, 4.69) is 11.9 Å². The van der Waals surface area contributed by atoms with Crippen LogP contribution in [0.15, 0.2) is 12.7 Å². The predicted octanol–water partition coefficient (Wildman–Crippen LogP) is 2.32. The van der Waals surface area contributed by atoms with Crippen LogP contribution >= 0.6 is 0 Å². The molecule has 0 saturated heterocycles. The quantitative estimate of drug-likeness (QED) is 0.540. The van der Waals surface area contributed by atoms with Crippen molar-refractivity contribution in [3.63, 3.8) is 0 Å². The maximum absolute atomic E-state index is 11.5. The Morgan fingerprint density at radius 3 is 2.67 bits per heavy atom. The summed E-state index contributed by atoms with van der Waals surface area (Å²) >= 11 is 0. The van der Waals surface area contributed by atoms with E-state index in [4.69, 9.17) is 9.84 Å². The highest BCUT2D eigenvalue weighted by Crippen LogP contribution is 2.27. The molecular formula is C13H21NO4. The summed E-state index contributed by atoms with van der Waals surface area (Å²) in [4.78, 5) is 22.6. The highest BCUT2D eigenvalue weighted by atomic mass is 16.5. The monoisotopic (exact) mass is 255 g/mol. The number of carboxylic acid groups (broad SMARTS) is 1. The lowest BCUT2D eigenvalue weighted by Gasteiger charge is -2.20. The second kappa shape index (κ2) is 7.74. The van der Waals surface area contributed by atoms with E-state index in [1.807, 2.05) is 0 Å². The molecule has 1 atom stereocenters. The summed E-state index contributed by atoms with van der Waals surface area (Å²) in [5.74, 6) is -0.951. The molecule has 5 heteroatoms. The SMILES string of the molecule is C=CCCCOC(=O)NC(C(=O)O)C1CCCC1. The van der Waals surface area contributed by atoms with E-state index in [9.17, 15) is 9.59 Å². The maximum atomic E-state index is 11.5. The highest BCUT2D eigenvalue weighted by Gasteiger charge is 2.32. The Bertz CT molecular complexity index is 297. The largest absolute Gasteiger partial charge is 0.480 e. The van der Waals surface area contributed by atoms with Crippen LogP contribution in [-0.2, 0) is 9.53 Å². The molecule has 1 aliphatic rings. The molecule has 1 rings (SSSR count). The summed E-state index contributed by atoms with van der Waals surface area (Å²) in [6.45, 7) is 3.85. The lowest BCUT2D eigenvalue weighted by Crippen LogP contribution is -2.45. The van der Waals surface area contributed by atoms with Gasteiger partial charge in [-0.2, -0.15) is 0 Å². The number of hydrogen-bond donors (Lipinski definition) is 2. The van der Waals surface area contributed by atoms with Gasteiger partial charge in [-0.05, 0) is 31.6 Å². The first-order valence-corrected chi connectivity index (χ1v) is 6.42. The Morgan fingerprint density at radius 1 is 1.44 bits per heavy atom. The van der Waals surface area contributed by atoms with E-state index in [1.165, 1.54) is 0 Å². The van der Waals surface area contributed by atoms with Gasteiger partial charge in [0, 0.05) is 0 Å². The Morgan fingerprint density at radius 2 is 2.11 bits per heavy atom. The van der Waals surface area contributed by atoms with Crippen LogP contribution in [0.1, 0.15) is 38.5 Å². The minimum atomic E-state index is -0.982. The Labute approximate surface area is 107 Å². The van der Waals surface area contributed by atoms with E-state index >= 15 is 0 Å². The van der Waals surface area contributed by atoms with Crippen LogP contribution < -0.4 is 5.32 Å². The van der Waals surface area contributed by atoms with Gasteiger partial charge in [-0.25, -0.2) is 9.59 Å². The third kappa shape index (κ3) is 4.77. The van der Waals surface area contributed by atoms with Crippen molar-refractivity contribution in [2.75, 3.05) is 6.61 Å². The van der Waals surface area contributed by atoms with Crippen LogP contribution in [0.2, 0.25) is 0 Å². The van der Waals surface area contributed by atoms with Crippen molar-refractivity contribution >= 4 is 12.1 Å². The third-order valence-corrected chi connectivity index (χ3v) is 3.20. The normalized spacial score (nSPS) is 17.1. The summed E-state index contributed by atoms with van der Waals surface area (Å²) in [5, 5.41) is 11.6. The molecule has 18 heavy (non-hydrogen) atoms. The molecule has 2 N–H and O–H groups in total. The summed E-state index contributed by atoms with van der Waals surface area (Å²) in [7, 11) is 0. The van der Waals surface area contributed by atoms with Gasteiger partial charge in [0.05, 0.1) is 6.61 Å². The van der Waals surface area contributed by atoms with E-state index in [-0.39, 0.29) is 12.5 Å². The van der Waals surface area contributed by atoms with E-state index in [1.54, 1.807) is 6.08 Å². The molecule has 0 aliphatic heterocycles. The van der Waals surface area contributed by atoms with Crippen LogP contribution in [0.25, 0.3) is 0 Å². The molecule has 1 aliphatic carbocycles. The van der Waals surface area contributed by atoms with E-state index < -0.39 is 18.1 Å². The van der Waals surface area contributed by atoms with Crippen LogP contribution in [0.3, 0.4) is 0 Å². The van der Waals surface area contributed by atoms with Crippen molar-refractivity contribution in [3.8, 4) is 0 Å². The number of allylic oxidation sites excluding steroid dienone is 1.